The van der Waals surface area contributed by atoms with E-state index in [1.807, 2.05) is 18.6 Å². The average Bonchev–Trinajstić information content (AvgIpc) is 2.14. The van der Waals surface area contributed by atoms with E-state index in [-0.39, 0.29) is 0 Å². The molecule has 0 saturated carbocycles. The van der Waals surface area contributed by atoms with Crippen LogP contribution in [0.2, 0.25) is 0 Å². The summed E-state index contributed by atoms with van der Waals surface area (Å²) in [6.45, 7) is 4.75. The van der Waals surface area contributed by atoms with Crippen molar-refractivity contribution in [2.24, 2.45) is 0 Å². The van der Waals surface area contributed by atoms with Crippen molar-refractivity contribution in [1.29, 1.82) is 0 Å². The van der Waals surface area contributed by atoms with Gasteiger partial charge in [-0.15, -0.1) is 0 Å². The number of rotatable bonds is 7. The van der Waals surface area contributed by atoms with Gasteiger partial charge in [0.1, 0.15) is 0 Å². The second-order valence-electron chi connectivity index (χ2n) is 2.40. The summed E-state index contributed by atoms with van der Waals surface area (Å²) in [5.41, 5.74) is -0.321. The number of hydrogen-bond acceptors (Lipinski definition) is 4. The summed E-state index contributed by atoms with van der Waals surface area (Å²) in [6.07, 6.45) is 1.11. The SMILES string of the molecule is CCCSP(=S)(OCC)N(C)C=S. The largest absolute Gasteiger partial charge is 0.327 e. The van der Waals surface area contributed by atoms with Crippen molar-refractivity contribution in [1.82, 2.24) is 4.67 Å². The molecule has 2 nitrogen and oxygen atoms in total. The maximum Gasteiger partial charge on any atom is 0.213 e. The molecule has 0 spiro atoms. The zero-order chi connectivity index (χ0) is 10.3. The first-order chi connectivity index (χ1) is 6.10. The van der Waals surface area contributed by atoms with Crippen LogP contribution in [0, 0.1) is 0 Å². The maximum atomic E-state index is 5.60. The molecule has 6 heteroatoms. The molecule has 0 aliphatic carbocycles. The Kier molecular flexibility index (Phi) is 7.65. The number of hydrogen-bond donors (Lipinski definition) is 0. The van der Waals surface area contributed by atoms with Crippen LogP contribution in [0.3, 0.4) is 0 Å². The zero-order valence-corrected chi connectivity index (χ0v) is 11.6. The van der Waals surface area contributed by atoms with Gasteiger partial charge in [0.15, 0.2) is 0 Å². The number of thiocarbonyl (C=S) groups is 1. The highest BCUT2D eigenvalue weighted by molar-refractivity contribution is 8.68. The predicted octanol–water partition coefficient (Wildman–Crippen LogP) is 3.28. The Hall–Kier alpha value is 0.850. The van der Waals surface area contributed by atoms with Crippen LogP contribution in [-0.2, 0) is 16.3 Å². The summed E-state index contributed by atoms with van der Waals surface area (Å²) < 4.78 is 7.46. The minimum atomic E-state index is -1.90. The molecule has 0 fully saturated rings. The topological polar surface area (TPSA) is 12.5 Å². The van der Waals surface area contributed by atoms with E-state index in [4.69, 9.17) is 28.5 Å². The highest BCUT2D eigenvalue weighted by Crippen LogP contribution is 2.61. The van der Waals surface area contributed by atoms with Gasteiger partial charge in [-0.1, -0.05) is 30.5 Å². The molecule has 0 aromatic rings. The molecule has 0 heterocycles. The van der Waals surface area contributed by atoms with Crippen LogP contribution in [0.15, 0.2) is 0 Å². The Morgan fingerprint density at radius 2 is 2.15 bits per heavy atom. The molecule has 1 unspecified atom stereocenters. The first kappa shape index (κ1) is 13.8. The smallest absolute Gasteiger partial charge is 0.213 e. The van der Waals surface area contributed by atoms with Crippen LogP contribution in [0.4, 0.5) is 0 Å². The van der Waals surface area contributed by atoms with Crippen molar-refractivity contribution in [3.63, 3.8) is 0 Å². The van der Waals surface area contributed by atoms with Crippen molar-refractivity contribution in [3.05, 3.63) is 0 Å². The van der Waals surface area contributed by atoms with Crippen molar-refractivity contribution < 1.29 is 4.52 Å². The summed E-state index contributed by atoms with van der Waals surface area (Å²) in [5, 5.41) is 0. The van der Waals surface area contributed by atoms with Gasteiger partial charge in [-0.3, -0.25) is 0 Å². The summed E-state index contributed by atoms with van der Waals surface area (Å²) in [6, 6.07) is 0. The standard InChI is InChI=1S/C7H16NOPS3/c1-4-6-13-10(12,9-5-2)8(3)7-11/h7H,4-6H2,1-3H3. The van der Waals surface area contributed by atoms with Gasteiger partial charge in [0.2, 0.25) is 5.62 Å². The van der Waals surface area contributed by atoms with E-state index in [2.05, 4.69) is 6.92 Å². The second kappa shape index (κ2) is 7.18. The van der Waals surface area contributed by atoms with E-state index >= 15 is 0 Å². The van der Waals surface area contributed by atoms with Gasteiger partial charge >= 0.3 is 0 Å². The van der Waals surface area contributed by atoms with Crippen LogP contribution in [-0.4, -0.2) is 29.6 Å². The lowest BCUT2D eigenvalue weighted by Crippen LogP contribution is -2.11. The third-order valence-electron chi connectivity index (χ3n) is 1.29. The molecule has 0 rings (SSSR count). The third-order valence-corrected chi connectivity index (χ3v) is 8.81. The van der Waals surface area contributed by atoms with Gasteiger partial charge in [-0.2, -0.15) is 0 Å². The van der Waals surface area contributed by atoms with Crippen molar-refractivity contribution >= 4 is 46.5 Å². The second-order valence-corrected chi connectivity index (χ2v) is 9.54. The lowest BCUT2D eigenvalue weighted by atomic mass is 10.6. The first-order valence-electron chi connectivity index (χ1n) is 4.18. The minimum absolute atomic E-state index is 0.654. The van der Waals surface area contributed by atoms with Gasteiger partial charge in [0.05, 0.1) is 12.1 Å². The third kappa shape index (κ3) is 4.75. The van der Waals surface area contributed by atoms with E-state index in [0.717, 1.165) is 12.2 Å². The summed E-state index contributed by atoms with van der Waals surface area (Å²) >= 11 is 12.0. The van der Waals surface area contributed by atoms with E-state index in [0.29, 0.717) is 6.61 Å². The fourth-order valence-electron chi connectivity index (χ4n) is 0.647. The lowest BCUT2D eigenvalue weighted by molar-refractivity contribution is 0.369. The Bertz CT molecular complexity index is 200. The number of nitrogens with zero attached hydrogens (tertiary/aromatic N) is 1. The zero-order valence-electron chi connectivity index (χ0n) is 8.23. The van der Waals surface area contributed by atoms with Crippen molar-refractivity contribution in [3.8, 4) is 0 Å². The fourth-order valence-corrected chi connectivity index (χ4v) is 6.29. The molecule has 0 radical (unpaired) electrons. The van der Waals surface area contributed by atoms with Crippen molar-refractivity contribution in [2.45, 2.75) is 20.3 Å². The van der Waals surface area contributed by atoms with Gasteiger partial charge < -0.3 is 9.19 Å². The molecule has 0 aromatic heterocycles. The summed E-state index contributed by atoms with van der Waals surface area (Å²) in [7, 11) is 1.89. The molecule has 0 saturated heterocycles. The highest BCUT2D eigenvalue weighted by Gasteiger charge is 2.21. The quantitative estimate of drug-likeness (QED) is 0.511. The normalized spacial score (nSPS) is 15.0. The molecule has 0 bridgehead atoms. The van der Waals surface area contributed by atoms with Crippen LogP contribution < -0.4 is 0 Å². The molecule has 0 amide bonds. The molecule has 0 N–H and O–H groups in total. The van der Waals surface area contributed by atoms with Crippen LogP contribution in [0.5, 0.6) is 0 Å². The summed E-state index contributed by atoms with van der Waals surface area (Å²) in [5.74, 6) is 1.03. The van der Waals surface area contributed by atoms with Gasteiger partial charge in [-0.25, -0.2) is 0 Å². The Morgan fingerprint density at radius 3 is 2.54 bits per heavy atom. The van der Waals surface area contributed by atoms with Crippen LogP contribution in [0.25, 0.3) is 0 Å². The molecule has 0 aromatic carbocycles. The molecule has 0 aliphatic rings. The van der Waals surface area contributed by atoms with Gasteiger partial charge in [0, 0.05) is 12.8 Å². The van der Waals surface area contributed by atoms with E-state index in [1.165, 1.54) is 0 Å². The molecule has 1 atom stereocenters. The predicted molar refractivity (Wildman–Crippen MR) is 70.1 cm³/mol. The molecule has 0 aliphatic heterocycles. The van der Waals surface area contributed by atoms with Crippen LogP contribution >= 0.6 is 29.2 Å². The van der Waals surface area contributed by atoms with Crippen molar-refractivity contribution in [2.75, 3.05) is 19.4 Å². The van der Waals surface area contributed by atoms with E-state index in [9.17, 15) is 0 Å². The van der Waals surface area contributed by atoms with Gasteiger partial charge in [0.25, 0.3) is 0 Å². The first-order valence-corrected chi connectivity index (χ1v) is 8.92. The lowest BCUT2D eigenvalue weighted by Gasteiger charge is -2.28. The fraction of sp³-hybridized carbons (Fsp3) is 0.857. The molecule has 13 heavy (non-hydrogen) atoms. The summed E-state index contributed by atoms with van der Waals surface area (Å²) in [4.78, 5) is 0. The van der Waals surface area contributed by atoms with Gasteiger partial charge in [-0.05, 0) is 25.2 Å². The molecular formula is C7H16NOPS3. The Morgan fingerprint density at radius 1 is 1.54 bits per heavy atom. The molecular weight excluding hydrogens is 241 g/mol. The Balaban J connectivity index is 4.32. The molecule has 78 valence electrons. The van der Waals surface area contributed by atoms with Crippen LogP contribution in [0.1, 0.15) is 20.3 Å². The van der Waals surface area contributed by atoms with E-state index < -0.39 is 5.62 Å². The monoisotopic (exact) mass is 257 g/mol. The highest BCUT2D eigenvalue weighted by atomic mass is 32.9. The average molecular weight is 257 g/mol. The van der Waals surface area contributed by atoms with E-state index in [1.54, 1.807) is 16.9 Å². The minimum Gasteiger partial charge on any atom is -0.327 e. The maximum absolute atomic E-state index is 5.60. The Labute approximate surface area is 95.3 Å².